The highest BCUT2D eigenvalue weighted by molar-refractivity contribution is 6.05. The number of rotatable bonds is 6. The fourth-order valence-corrected chi connectivity index (χ4v) is 1.90. The Kier molecular flexibility index (Phi) is 5.30. The first kappa shape index (κ1) is 16.5. The fourth-order valence-electron chi connectivity index (χ4n) is 1.90. The number of carbonyl (C=O) groups excluding carboxylic acids is 1. The average Bonchev–Trinajstić information content (AvgIpc) is 2.56. The Bertz CT molecular complexity index is 745. The number of hydrogen-bond donors (Lipinski definition) is 1. The summed E-state index contributed by atoms with van der Waals surface area (Å²) in [5.41, 5.74) is 0.461. The van der Waals surface area contributed by atoms with E-state index < -0.39 is 11.6 Å². The van der Waals surface area contributed by atoms with Gasteiger partial charge in [-0.15, -0.1) is 0 Å². The second-order valence-corrected chi connectivity index (χ2v) is 4.54. The minimum atomic E-state index is -0.742. The first-order chi connectivity index (χ1) is 11.0. The summed E-state index contributed by atoms with van der Waals surface area (Å²) >= 11 is 0. The standard InChI is InChI=1S/C17H15F2NO3/c1-22-16-6-3-11(9-17(16)23-2)15(21)7-8-20-14-5-4-12(18)10-13(14)19/h3-10,20H,1-2H3/b8-7+. The van der Waals surface area contributed by atoms with Crippen LogP contribution in [0.5, 0.6) is 11.5 Å². The molecule has 2 aromatic rings. The maximum Gasteiger partial charge on any atom is 0.187 e. The van der Waals surface area contributed by atoms with Gasteiger partial charge in [0.2, 0.25) is 0 Å². The van der Waals surface area contributed by atoms with Crippen LogP contribution >= 0.6 is 0 Å². The van der Waals surface area contributed by atoms with E-state index in [2.05, 4.69) is 5.32 Å². The lowest BCUT2D eigenvalue weighted by Gasteiger charge is -2.08. The van der Waals surface area contributed by atoms with Crippen LogP contribution in [0.2, 0.25) is 0 Å². The fraction of sp³-hybridized carbons (Fsp3) is 0.118. The summed E-state index contributed by atoms with van der Waals surface area (Å²) in [6.07, 6.45) is 2.53. The third-order valence-corrected chi connectivity index (χ3v) is 3.07. The van der Waals surface area contributed by atoms with Crippen molar-refractivity contribution in [3.63, 3.8) is 0 Å². The Morgan fingerprint density at radius 1 is 1.04 bits per heavy atom. The highest BCUT2D eigenvalue weighted by atomic mass is 19.1. The van der Waals surface area contributed by atoms with Crippen molar-refractivity contribution in [1.29, 1.82) is 0 Å². The van der Waals surface area contributed by atoms with Crippen LogP contribution in [0.25, 0.3) is 0 Å². The van der Waals surface area contributed by atoms with Crippen LogP contribution in [0.15, 0.2) is 48.7 Å². The van der Waals surface area contributed by atoms with Crippen LogP contribution in [-0.4, -0.2) is 20.0 Å². The van der Waals surface area contributed by atoms with Gasteiger partial charge in [-0.25, -0.2) is 8.78 Å². The van der Waals surface area contributed by atoms with Crippen molar-refractivity contribution < 1.29 is 23.0 Å². The first-order valence-electron chi connectivity index (χ1n) is 6.69. The number of nitrogens with one attached hydrogen (secondary N) is 1. The number of anilines is 1. The second-order valence-electron chi connectivity index (χ2n) is 4.54. The number of hydrogen-bond acceptors (Lipinski definition) is 4. The molecule has 23 heavy (non-hydrogen) atoms. The number of ketones is 1. The lowest BCUT2D eigenvalue weighted by Crippen LogP contribution is -1.99. The molecule has 0 aliphatic carbocycles. The van der Waals surface area contributed by atoms with Gasteiger partial charge in [0.05, 0.1) is 19.9 Å². The third kappa shape index (κ3) is 4.06. The summed E-state index contributed by atoms with van der Waals surface area (Å²) in [4.78, 5) is 12.1. The summed E-state index contributed by atoms with van der Waals surface area (Å²) in [6, 6.07) is 7.88. The number of halogens is 2. The summed E-state index contributed by atoms with van der Waals surface area (Å²) in [5.74, 6) is -0.767. The predicted octanol–water partition coefficient (Wildman–Crippen LogP) is 3.79. The Morgan fingerprint density at radius 2 is 1.78 bits per heavy atom. The molecule has 1 N–H and O–H groups in total. The minimum absolute atomic E-state index is 0.0720. The third-order valence-electron chi connectivity index (χ3n) is 3.07. The number of benzene rings is 2. The molecule has 0 atom stereocenters. The molecule has 4 nitrogen and oxygen atoms in total. The Morgan fingerprint density at radius 3 is 2.43 bits per heavy atom. The van der Waals surface area contributed by atoms with E-state index in [0.717, 1.165) is 12.1 Å². The van der Waals surface area contributed by atoms with Crippen LogP contribution in [0, 0.1) is 11.6 Å². The topological polar surface area (TPSA) is 47.6 Å². The molecular formula is C17H15F2NO3. The molecule has 0 spiro atoms. The number of allylic oxidation sites excluding steroid dienone is 1. The Labute approximate surface area is 132 Å². The highest BCUT2D eigenvalue weighted by Gasteiger charge is 2.08. The van der Waals surface area contributed by atoms with E-state index in [1.165, 1.54) is 32.6 Å². The van der Waals surface area contributed by atoms with Crippen molar-refractivity contribution in [3.8, 4) is 11.5 Å². The van der Waals surface area contributed by atoms with Crippen molar-refractivity contribution in [1.82, 2.24) is 0 Å². The summed E-state index contributed by atoms with van der Waals surface area (Å²) in [5, 5.41) is 2.59. The molecule has 6 heteroatoms. The van der Waals surface area contributed by atoms with Gasteiger partial charge in [-0.3, -0.25) is 4.79 Å². The predicted molar refractivity (Wildman–Crippen MR) is 83.0 cm³/mol. The van der Waals surface area contributed by atoms with Gasteiger partial charge in [0.15, 0.2) is 17.3 Å². The smallest absolute Gasteiger partial charge is 0.187 e. The molecule has 0 heterocycles. The number of methoxy groups -OCH3 is 2. The summed E-state index contributed by atoms with van der Waals surface area (Å²) < 4.78 is 36.4. The minimum Gasteiger partial charge on any atom is -0.493 e. The van der Waals surface area contributed by atoms with Crippen LogP contribution in [0.4, 0.5) is 14.5 Å². The van der Waals surface area contributed by atoms with Crippen LogP contribution < -0.4 is 14.8 Å². The number of carbonyl (C=O) groups is 1. The molecule has 0 saturated carbocycles. The molecule has 2 aromatic carbocycles. The maximum absolute atomic E-state index is 13.4. The molecular weight excluding hydrogens is 304 g/mol. The maximum atomic E-state index is 13.4. The van der Waals surface area contributed by atoms with E-state index in [-0.39, 0.29) is 11.5 Å². The first-order valence-corrected chi connectivity index (χ1v) is 6.69. The Balaban J connectivity index is 2.09. The van der Waals surface area contributed by atoms with Gasteiger partial charge in [0.25, 0.3) is 0 Å². The van der Waals surface area contributed by atoms with Crippen LogP contribution in [0.1, 0.15) is 10.4 Å². The summed E-state index contributed by atoms with van der Waals surface area (Å²) in [7, 11) is 2.97. The molecule has 0 unspecified atom stereocenters. The molecule has 0 aromatic heterocycles. The lowest BCUT2D eigenvalue weighted by atomic mass is 10.1. The largest absolute Gasteiger partial charge is 0.493 e. The lowest BCUT2D eigenvalue weighted by molar-refractivity contribution is 0.104. The van der Waals surface area contributed by atoms with Crippen molar-refractivity contribution in [2.45, 2.75) is 0 Å². The van der Waals surface area contributed by atoms with Gasteiger partial charge in [-0.05, 0) is 30.3 Å². The van der Waals surface area contributed by atoms with Crippen LogP contribution in [0.3, 0.4) is 0 Å². The zero-order chi connectivity index (χ0) is 16.8. The second kappa shape index (κ2) is 7.40. The zero-order valence-corrected chi connectivity index (χ0v) is 12.6. The zero-order valence-electron chi connectivity index (χ0n) is 12.6. The number of ether oxygens (including phenoxy) is 2. The molecule has 0 aliphatic heterocycles. The van der Waals surface area contributed by atoms with Crippen molar-refractivity contribution in [3.05, 3.63) is 65.9 Å². The average molecular weight is 319 g/mol. The highest BCUT2D eigenvalue weighted by Crippen LogP contribution is 2.27. The quantitative estimate of drug-likeness (QED) is 0.650. The van der Waals surface area contributed by atoms with E-state index in [1.54, 1.807) is 18.2 Å². The molecule has 0 fully saturated rings. The van der Waals surface area contributed by atoms with Crippen molar-refractivity contribution >= 4 is 11.5 Å². The van der Waals surface area contributed by atoms with Crippen LogP contribution in [-0.2, 0) is 0 Å². The van der Waals surface area contributed by atoms with Gasteiger partial charge in [-0.1, -0.05) is 0 Å². The molecule has 0 saturated heterocycles. The van der Waals surface area contributed by atoms with E-state index >= 15 is 0 Å². The van der Waals surface area contributed by atoms with E-state index in [0.29, 0.717) is 17.1 Å². The van der Waals surface area contributed by atoms with E-state index in [9.17, 15) is 13.6 Å². The monoisotopic (exact) mass is 319 g/mol. The Hall–Kier alpha value is -2.89. The normalized spacial score (nSPS) is 10.6. The van der Waals surface area contributed by atoms with Gasteiger partial charge in [0, 0.05) is 23.9 Å². The molecule has 0 radical (unpaired) electrons. The van der Waals surface area contributed by atoms with Gasteiger partial charge >= 0.3 is 0 Å². The van der Waals surface area contributed by atoms with Crippen molar-refractivity contribution in [2.24, 2.45) is 0 Å². The van der Waals surface area contributed by atoms with E-state index in [4.69, 9.17) is 9.47 Å². The molecule has 0 bridgehead atoms. The SMILES string of the molecule is COc1ccc(C(=O)/C=C/Nc2ccc(F)cc2F)cc1OC. The molecule has 120 valence electrons. The van der Waals surface area contributed by atoms with Gasteiger partial charge < -0.3 is 14.8 Å². The summed E-state index contributed by atoms with van der Waals surface area (Å²) in [6.45, 7) is 0. The van der Waals surface area contributed by atoms with Gasteiger partial charge in [0.1, 0.15) is 11.6 Å². The van der Waals surface area contributed by atoms with Gasteiger partial charge in [-0.2, -0.15) is 0 Å². The van der Waals surface area contributed by atoms with E-state index in [1.807, 2.05) is 0 Å². The molecule has 0 aliphatic rings. The molecule has 2 rings (SSSR count). The van der Waals surface area contributed by atoms with Crippen molar-refractivity contribution in [2.75, 3.05) is 19.5 Å². The molecule has 0 amide bonds.